The number of amides is 1. The Morgan fingerprint density at radius 1 is 1.47 bits per heavy atom. The van der Waals surface area contributed by atoms with Crippen LogP contribution in [0.15, 0.2) is 15.9 Å². The summed E-state index contributed by atoms with van der Waals surface area (Å²) in [6, 6.07) is 1.88. The molecule has 0 radical (unpaired) electrons. The van der Waals surface area contributed by atoms with Crippen molar-refractivity contribution in [2.75, 3.05) is 19.8 Å². The number of ether oxygens (including phenoxy) is 1. The fraction of sp³-hybridized carbons (Fsp3) is 0.643. The molecule has 1 aliphatic heterocycles. The van der Waals surface area contributed by atoms with Crippen molar-refractivity contribution in [3.63, 3.8) is 0 Å². The first-order chi connectivity index (χ1) is 9.20. The lowest BCUT2D eigenvalue weighted by Gasteiger charge is -2.52. The Bertz CT molecular complexity index is 468. The van der Waals surface area contributed by atoms with Gasteiger partial charge in [-0.05, 0) is 59.0 Å². The lowest BCUT2D eigenvalue weighted by atomic mass is 9.56. The predicted octanol–water partition coefficient (Wildman–Crippen LogP) is 3.45. The highest BCUT2D eigenvalue weighted by molar-refractivity contribution is 9.10. The van der Waals surface area contributed by atoms with Gasteiger partial charge in [-0.3, -0.25) is 4.79 Å². The van der Waals surface area contributed by atoms with E-state index in [-0.39, 0.29) is 5.91 Å². The Morgan fingerprint density at radius 3 is 2.84 bits per heavy atom. The van der Waals surface area contributed by atoms with Crippen LogP contribution < -0.4 is 5.32 Å². The third-order valence-electron chi connectivity index (χ3n) is 4.65. The van der Waals surface area contributed by atoms with E-state index >= 15 is 0 Å². The lowest BCUT2D eigenvalue weighted by Crippen LogP contribution is -2.49. The zero-order valence-corrected chi connectivity index (χ0v) is 13.2. The van der Waals surface area contributed by atoms with Gasteiger partial charge in [-0.25, -0.2) is 0 Å². The van der Waals surface area contributed by atoms with Crippen LogP contribution in [0, 0.1) is 11.3 Å². The van der Waals surface area contributed by atoms with E-state index in [0.717, 1.165) is 42.0 Å². The van der Waals surface area contributed by atoms with Gasteiger partial charge >= 0.3 is 0 Å². The fourth-order valence-corrected chi connectivity index (χ4v) is 4.59. The van der Waals surface area contributed by atoms with Gasteiger partial charge in [0, 0.05) is 29.6 Å². The maximum Gasteiger partial charge on any atom is 0.261 e. The minimum absolute atomic E-state index is 0.0600. The molecule has 1 amide bonds. The normalized spacial score (nSPS) is 25.0. The van der Waals surface area contributed by atoms with Crippen molar-refractivity contribution in [2.24, 2.45) is 11.3 Å². The molecule has 19 heavy (non-hydrogen) atoms. The maximum atomic E-state index is 12.0. The molecule has 1 atom stereocenters. The molecular weight excluding hydrogens is 326 g/mol. The van der Waals surface area contributed by atoms with Crippen LogP contribution in [0.25, 0.3) is 0 Å². The monoisotopic (exact) mass is 343 g/mol. The number of hydrogen-bond acceptors (Lipinski definition) is 3. The van der Waals surface area contributed by atoms with Gasteiger partial charge in [-0.15, -0.1) is 11.3 Å². The van der Waals surface area contributed by atoms with Gasteiger partial charge in [0.05, 0.1) is 4.88 Å². The Labute approximate surface area is 125 Å². The van der Waals surface area contributed by atoms with Crippen LogP contribution in [0.2, 0.25) is 0 Å². The van der Waals surface area contributed by atoms with Crippen LogP contribution in [0.1, 0.15) is 35.4 Å². The van der Waals surface area contributed by atoms with E-state index in [0.29, 0.717) is 11.3 Å². The molecule has 1 unspecified atom stereocenters. The van der Waals surface area contributed by atoms with Gasteiger partial charge in [0.1, 0.15) is 0 Å². The number of carbonyl (C=O) groups excluding carboxylic acids is 1. The molecule has 104 valence electrons. The standard InChI is InChI=1S/C14H18BrNO2S/c15-11-7-12(19-9-11)13(17)16-8-10-1-2-14(10)3-5-18-6-4-14/h7,9-10H,1-6,8H2,(H,16,17). The summed E-state index contributed by atoms with van der Waals surface area (Å²) >= 11 is 4.86. The highest BCUT2D eigenvalue weighted by Crippen LogP contribution is 2.53. The minimum atomic E-state index is 0.0600. The average Bonchev–Trinajstić information content (AvgIpc) is 2.85. The summed E-state index contributed by atoms with van der Waals surface area (Å²) < 4.78 is 6.43. The Balaban J connectivity index is 1.53. The summed E-state index contributed by atoms with van der Waals surface area (Å²) in [4.78, 5) is 12.8. The zero-order chi connectivity index (χ0) is 13.3. The van der Waals surface area contributed by atoms with E-state index in [2.05, 4.69) is 21.2 Å². The first kappa shape index (κ1) is 13.6. The first-order valence-corrected chi connectivity index (χ1v) is 8.47. The summed E-state index contributed by atoms with van der Waals surface area (Å²) in [5.74, 6) is 0.702. The van der Waals surface area contributed by atoms with Gasteiger partial charge in [-0.2, -0.15) is 0 Å². The first-order valence-electron chi connectivity index (χ1n) is 6.80. The molecule has 3 rings (SSSR count). The molecule has 1 aliphatic carbocycles. The second-order valence-electron chi connectivity index (χ2n) is 5.55. The van der Waals surface area contributed by atoms with Crippen molar-refractivity contribution in [3.05, 3.63) is 20.8 Å². The number of rotatable bonds is 3. The van der Waals surface area contributed by atoms with Crippen molar-refractivity contribution >= 4 is 33.2 Å². The fourth-order valence-electron chi connectivity index (χ4n) is 3.25. The van der Waals surface area contributed by atoms with E-state index in [9.17, 15) is 4.79 Å². The third-order valence-corrected chi connectivity index (χ3v) is 6.34. The molecule has 2 heterocycles. The number of halogens is 1. The van der Waals surface area contributed by atoms with Gasteiger partial charge in [0.25, 0.3) is 5.91 Å². The number of nitrogens with one attached hydrogen (secondary N) is 1. The molecular formula is C14H18BrNO2S. The van der Waals surface area contributed by atoms with Crippen LogP contribution in [-0.4, -0.2) is 25.7 Å². The zero-order valence-electron chi connectivity index (χ0n) is 10.8. The van der Waals surface area contributed by atoms with E-state index < -0.39 is 0 Å². The molecule has 1 saturated carbocycles. The molecule has 1 aromatic rings. The second-order valence-corrected chi connectivity index (χ2v) is 7.38. The van der Waals surface area contributed by atoms with Crippen LogP contribution in [0.4, 0.5) is 0 Å². The molecule has 1 N–H and O–H groups in total. The van der Waals surface area contributed by atoms with E-state index in [1.807, 2.05) is 11.4 Å². The number of carbonyl (C=O) groups is 1. The molecule has 0 bridgehead atoms. The molecule has 5 heteroatoms. The van der Waals surface area contributed by atoms with E-state index in [1.54, 1.807) is 0 Å². The molecule has 1 saturated heterocycles. The van der Waals surface area contributed by atoms with Crippen molar-refractivity contribution in [1.29, 1.82) is 0 Å². The lowest BCUT2D eigenvalue weighted by molar-refractivity contribution is -0.0738. The van der Waals surface area contributed by atoms with Crippen molar-refractivity contribution < 1.29 is 9.53 Å². The van der Waals surface area contributed by atoms with Crippen molar-refractivity contribution in [1.82, 2.24) is 5.32 Å². The average molecular weight is 344 g/mol. The van der Waals surface area contributed by atoms with Gasteiger partial charge < -0.3 is 10.1 Å². The summed E-state index contributed by atoms with van der Waals surface area (Å²) in [5, 5.41) is 5.04. The van der Waals surface area contributed by atoms with Crippen molar-refractivity contribution in [3.8, 4) is 0 Å². The van der Waals surface area contributed by atoms with Crippen LogP contribution in [-0.2, 0) is 4.74 Å². The van der Waals surface area contributed by atoms with Gasteiger partial charge in [-0.1, -0.05) is 0 Å². The number of hydrogen-bond donors (Lipinski definition) is 1. The minimum Gasteiger partial charge on any atom is -0.381 e. The third kappa shape index (κ3) is 2.73. The summed E-state index contributed by atoms with van der Waals surface area (Å²) in [7, 11) is 0. The Kier molecular flexibility index (Phi) is 3.96. The molecule has 3 nitrogen and oxygen atoms in total. The molecule has 0 aromatic carbocycles. The van der Waals surface area contributed by atoms with Gasteiger partial charge in [0.2, 0.25) is 0 Å². The molecule has 2 fully saturated rings. The second kappa shape index (κ2) is 5.54. The van der Waals surface area contributed by atoms with Crippen molar-refractivity contribution in [2.45, 2.75) is 25.7 Å². The largest absolute Gasteiger partial charge is 0.381 e. The SMILES string of the molecule is O=C(NCC1CCC12CCOCC2)c1cc(Br)cs1. The summed E-state index contributed by atoms with van der Waals surface area (Å²) in [5.41, 5.74) is 0.460. The Hall–Kier alpha value is -0.390. The quantitative estimate of drug-likeness (QED) is 0.912. The highest BCUT2D eigenvalue weighted by Gasteiger charge is 2.46. The van der Waals surface area contributed by atoms with Crippen LogP contribution in [0.5, 0.6) is 0 Å². The molecule has 1 spiro atoms. The van der Waals surface area contributed by atoms with Gasteiger partial charge in [0.15, 0.2) is 0 Å². The van der Waals surface area contributed by atoms with Crippen LogP contribution in [0.3, 0.4) is 0 Å². The summed E-state index contributed by atoms with van der Waals surface area (Å²) in [6.07, 6.45) is 4.88. The van der Waals surface area contributed by atoms with E-state index in [1.165, 1.54) is 24.2 Å². The smallest absolute Gasteiger partial charge is 0.261 e. The Morgan fingerprint density at radius 2 is 2.26 bits per heavy atom. The van der Waals surface area contributed by atoms with Crippen LogP contribution >= 0.6 is 27.3 Å². The topological polar surface area (TPSA) is 38.3 Å². The molecule has 2 aliphatic rings. The van der Waals surface area contributed by atoms with E-state index in [4.69, 9.17) is 4.74 Å². The summed E-state index contributed by atoms with van der Waals surface area (Å²) in [6.45, 7) is 2.60. The number of thiophene rings is 1. The highest BCUT2D eigenvalue weighted by atomic mass is 79.9. The predicted molar refractivity (Wildman–Crippen MR) is 79.6 cm³/mol. The molecule has 1 aromatic heterocycles. The maximum absolute atomic E-state index is 12.0.